The average Bonchev–Trinajstić information content (AvgIpc) is 2.28. The minimum Gasteiger partial charge on any atom is -0.380 e. The zero-order chi connectivity index (χ0) is 14.7. The third-order valence-electron chi connectivity index (χ3n) is 3.26. The number of rotatable bonds is 5. The van der Waals surface area contributed by atoms with Crippen LogP contribution in [0.1, 0.15) is 25.7 Å². The van der Waals surface area contributed by atoms with Crippen LogP contribution in [-0.2, 0) is 10.0 Å². The zero-order valence-electron chi connectivity index (χ0n) is 10.3. The van der Waals surface area contributed by atoms with Crippen molar-refractivity contribution in [3.05, 3.63) is 0 Å². The lowest BCUT2D eigenvalue weighted by molar-refractivity contribution is -0.270. The summed E-state index contributed by atoms with van der Waals surface area (Å²) in [6, 6.07) is 0. The maximum absolute atomic E-state index is 12.6. The molecule has 0 amide bonds. The highest BCUT2D eigenvalue weighted by molar-refractivity contribution is 7.89. The molecule has 19 heavy (non-hydrogen) atoms. The molecule has 1 aliphatic heterocycles. The lowest BCUT2D eigenvalue weighted by Gasteiger charge is -2.38. The summed E-state index contributed by atoms with van der Waals surface area (Å²) in [7, 11) is -3.56. The second-order valence-corrected chi connectivity index (χ2v) is 7.11. The number of alkyl halides is 4. The summed E-state index contributed by atoms with van der Waals surface area (Å²) < 4.78 is 62.4. The van der Waals surface area contributed by atoms with Gasteiger partial charge in [-0.3, -0.25) is 0 Å². The van der Waals surface area contributed by atoms with Gasteiger partial charge in [0.2, 0.25) is 10.0 Å². The van der Waals surface area contributed by atoms with Gasteiger partial charge in [0.15, 0.2) is 5.60 Å². The highest BCUT2D eigenvalue weighted by Crippen LogP contribution is 2.38. The van der Waals surface area contributed by atoms with Crippen LogP contribution in [0.15, 0.2) is 0 Å². The number of piperidine rings is 1. The highest BCUT2D eigenvalue weighted by Gasteiger charge is 2.55. The van der Waals surface area contributed by atoms with Crippen LogP contribution < -0.4 is 0 Å². The molecular formula is C10H17ClF3NO3S. The quantitative estimate of drug-likeness (QED) is 0.619. The van der Waals surface area contributed by atoms with Crippen molar-refractivity contribution < 1.29 is 26.7 Å². The number of sulfonamides is 1. The number of aliphatic hydroxyl groups is 1. The second-order valence-electron chi connectivity index (χ2n) is 4.64. The molecule has 0 atom stereocenters. The number of halogens is 4. The predicted molar refractivity (Wildman–Crippen MR) is 65.6 cm³/mol. The SMILES string of the molecule is O=S(=O)(CCCCCl)N1CCC(O)(C(F)(F)F)CC1. The molecule has 4 nitrogen and oxygen atoms in total. The molecule has 0 aromatic rings. The molecule has 1 rings (SSSR count). The Morgan fingerprint density at radius 2 is 1.74 bits per heavy atom. The van der Waals surface area contributed by atoms with Crippen LogP contribution in [0.3, 0.4) is 0 Å². The fourth-order valence-electron chi connectivity index (χ4n) is 1.93. The van der Waals surface area contributed by atoms with Crippen LogP contribution in [0.4, 0.5) is 13.2 Å². The minimum atomic E-state index is -4.72. The van der Waals surface area contributed by atoms with Crippen LogP contribution in [-0.4, -0.2) is 54.3 Å². The summed E-state index contributed by atoms with van der Waals surface area (Å²) in [6.07, 6.45) is -5.04. The van der Waals surface area contributed by atoms with Gasteiger partial charge in [0.05, 0.1) is 5.75 Å². The second kappa shape index (κ2) is 6.15. The molecule has 0 aliphatic carbocycles. The van der Waals surface area contributed by atoms with E-state index in [1.54, 1.807) is 0 Å². The summed E-state index contributed by atoms with van der Waals surface area (Å²) >= 11 is 5.44. The Hall–Kier alpha value is -0.0500. The molecule has 1 heterocycles. The van der Waals surface area contributed by atoms with Crippen LogP contribution in [0.5, 0.6) is 0 Å². The Morgan fingerprint density at radius 1 is 1.21 bits per heavy atom. The van der Waals surface area contributed by atoms with Crippen molar-refractivity contribution in [1.29, 1.82) is 0 Å². The first kappa shape index (κ1) is 17.0. The maximum Gasteiger partial charge on any atom is 0.417 e. The molecule has 114 valence electrons. The highest BCUT2D eigenvalue weighted by atomic mass is 35.5. The number of hydrogen-bond donors (Lipinski definition) is 1. The Labute approximate surface area is 115 Å². The lowest BCUT2D eigenvalue weighted by Crippen LogP contribution is -2.54. The molecule has 0 aromatic heterocycles. The molecule has 0 unspecified atom stereocenters. The van der Waals surface area contributed by atoms with E-state index in [2.05, 4.69) is 0 Å². The van der Waals surface area contributed by atoms with Gasteiger partial charge in [0, 0.05) is 19.0 Å². The summed E-state index contributed by atoms with van der Waals surface area (Å²) in [5.74, 6) is 0.230. The third kappa shape index (κ3) is 4.21. The van der Waals surface area contributed by atoms with Crippen molar-refractivity contribution in [1.82, 2.24) is 4.31 Å². The van der Waals surface area contributed by atoms with E-state index in [4.69, 9.17) is 11.6 Å². The first-order valence-electron chi connectivity index (χ1n) is 5.95. The molecule has 1 saturated heterocycles. The van der Waals surface area contributed by atoms with Crippen LogP contribution in [0.25, 0.3) is 0 Å². The van der Waals surface area contributed by atoms with Crippen molar-refractivity contribution in [3.63, 3.8) is 0 Å². The van der Waals surface area contributed by atoms with Gasteiger partial charge >= 0.3 is 6.18 Å². The molecular weight excluding hydrogens is 307 g/mol. The van der Waals surface area contributed by atoms with Crippen molar-refractivity contribution in [2.45, 2.75) is 37.5 Å². The van der Waals surface area contributed by atoms with Gasteiger partial charge in [-0.1, -0.05) is 0 Å². The third-order valence-corrected chi connectivity index (χ3v) is 5.48. The molecule has 0 spiro atoms. The molecule has 0 aromatic carbocycles. The van der Waals surface area contributed by atoms with E-state index in [1.807, 2.05) is 0 Å². The number of unbranched alkanes of at least 4 members (excludes halogenated alkanes) is 1. The lowest BCUT2D eigenvalue weighted by atomic mass is 9.92. The Balaban J connectivity index is 2.58. The van der Waals surface area contributed by atoms with Gasteiger partial charge in [0.1, 0.15) is 0 Å². The first-order valence-corrected chi connectivity index (χ1v) is 8.10. The van der Waals surface area contributed by atoms with Gasteiger partial charge in [-0.2, -0.15) is 13.2 Å². The van der Waals surface area contributed by atoms with Crippen molar-refractivity contribution in [3.8, 4) is 0 Å². The standard InChI is InChI=1S/C10H17ClF3NO3S/c11-5-1-2-8-19(17,18)15-6-3-9(16,4-7-15)10(12,13)14/h16H,1-8H2. The number of nitrogens with zero attached hydrogens (tertiary/aromatic N) is 1. The van der Waals surface area contributed by atoms with E-state index in [0.29, 0.717) is 18.7 Å². The topological polar surface area (TPSA) is 57.6 Å². The van der Waals surface area contributed by atoms with Crippen molar-refractivity contribution in [2.75, 3.05) is 24.7 Å². The normalized spacial score (nSPS) is 21.5. The van der Waals surface area contributed by atoms with Gasteiger partial charge in [0.25, 0.3) is 0 Å². The summed E-state index contributed by atoms with van der Waals surface area (Å²) in [6.45, 7) is -0.613. The van der Waals surface area contributed by atoms with Crippen molar-refractivity contribution >= 4 is 21.6 Å². The summed E-state index contributed by atoms with van der Waals surface area (Å²) in [5.41, 5.74) is -2.77. The van der Waals surface area contributed by atoms with Crippen LogP contribution in [0.2, 0.25) is 0 Å². The molecule has 1 N–H and O–H groups in total. The molecule has 0 saturated carbocycles. The Kier molecular flexibility index (Phi) is 5.51. The average molecular weight is 324 g/mol. The summed E-state index contributed by atoms with van der Waals surface area (Å²) in [5, 5.41) is 9.44. The van der Waals surface area contributed by atoms with Crippen LogP contribution in [0, 0.1) is 0 Å². The van der Waals surface area contributed by atoms with E-state index in [0.717, 1.165) is 4.31 Å². The van der Waals surface area contributed by atoms with Gasteiger partial charge in [-0.05, 0) is 25.7 Å². The minimum absolute atomic E-state index is 0.121. The van der Waals surface area contributed by atoms with Crippen molar-refractivity contribution in [2.24, 2.45) is 0 Å². The fraction of sp³-hybridized carbons (Fsp3) is 1.00. The molecule has 0 radical (unpaired) electrons. The Bertz CT molecular complexity index is 391. The van der Waals surface area contributed by atoms with E-state index in [1.165, 1.54) is 0 Å². The smallest absolute Gasteiger partial charge is 0.380 e. The zero-order valence-corrected chi connectivity index (χ0v) is 11.9. The molecule has 0 bridgehead atoms. The first-order chi connectivity index (χ1) is 8.62. The van der Waals surface area contributed by atoms with E-state index in [-0.39, 0.29) is 18.8 Å². The van der Waals surface area contributed by atoms with E-state index in [9.17, 15) is 26.7 Å². The summed E-state index contributed by atoms with van der Waals surface area (Å²) in [4.78, 5) is 0. The molecule has 1 aliphatic rings. The monoisotopic (exact) mass is 323 g/mol. The van der Waals surface area contributed by atoms with E-state index < -0.39 is 34.6 Å². The largest absolute Gasteiger partial charge is 0.417 e. The fourth-order valence-corrected chi connectivity index (χ4v) is 3.68. The molecule has 9 heteroatoms. The van der Waals surface area contributed by atoms with Gasteiger partial charge in [-0.25, -0.2) is 12.7 Å². The number of hydrogen-bond acceptors (Lipinski definition) is 3. The Morgan fingerprint density at radius 3 is 2.16 bits per heavy atom. The molecule has 1 fully saturated rings. The van der Waals surface area contributed by atoms with Gasteiger partial charge in [-0.15, -0.1) is 11.6 Å². The van der Waals surface area contributed by atoms with E-state index >= 15 is 0 Å². The van der Waals surface area contributed by atoms with Gasteiger partial charge < -0.3 is 5.11 Å². The predicted octanol–water partition coefficient (Wildman–Crippen LogP) is 1.72. The van der Waals surface area contributed by atoms with Crippen LogP contribution >= 0.6 is 11.6 Å². The maximum atomic E-state index is 12.6.